The van der Waals surface area contributed by atoms with Crippen LogP contribution in [-0.2, 0) is 12.8 Å². The largest absolute Gasteiger partial charge is 0.456 e. The van der Waals surface area contributed by atoms with Crippen molar-refractivity contribution in [3.63, 3.8) is 0 Å². The minimum atomic E-state index is 0.561. The molecule has 0 radical (unpaired) electrons. The van der Waals surface area contributed by atoms with Crippen LogP contribution >= 0.6 is 0 Å². The maximum atomic E-state index is 7.03. The Kier molecular flexibility index (Phi) is 8.68. The Labute approximate surface area is 407 Å². The number of aromatic nitrogens is 4. The van der Waals surface area contributed by atoms with Crippen molar-refractivity contribution < 1.29 is 8.83 Å². The summed E-state index contributed by atoms with van der Waals surface area (Å²) in [6, 6.07) is 77.3. The van der Waals surface area contributed by atoms with Crippen molar-refractivity contribution in [1.29, 1.82) is 0 Å². The molecule has 0 N–H and O–H groups in total. The molecular weight excluding hydrogens is 869 g/mol. The summed E-state index contributed by atoms with van der Waals surface area (Å²) in [5, 5.41) is 7.71. The molecule has 0 atom stereocenters. The summed E-state index contributed by atoms with van der Waals surface area (Å²) in [6.07, 6.45) is 1.95. The van der Waals surface area contributed by atoms with E-state index in [1.807, 2.05) is 66.7 Å². The zero-order valence-electron chi connectivity index (χ0n) is 38.3. The van der Waals surface area contributed by atoms with Crippen LogP contribution in [0.5, 0.6) is 0 Å². The van der Waals surface area contributed by atoms with Gasteiger partial charge in [-0.1, -0.05) is 164 Å². The number of aryl methyl sites for hydroxylation is 2. The molecule has 10 aromatic carbocycles. The summed E-state index contributed by atoms with van der Waals surface area (Å²) in [5.74, 6) is 1.72. The molecule has 1 aliphatic carbocycles. The quantitative estimate of drug-likeness (QED) is 0.166. The average Bonchev–Trinajstić information content (AvgIpc) is 4.11. The van der Waals surface area contributed by atoms with Gasteiger partial charge in [-0.05, 0) is 100.0 Å². The molecule has 6 heteroatoms. The third-order valence-electron chi connectivity index (χ3n) is 14.6. The molecule has 0 saturated carbocycles. The highest BCUT2D eigenvalue weighted by atomic mass is 16.3. The van der Waals surface area contributed by atoms with Crippen LogP contribution in [0.1, 0.15) is 11.1 Å². The van der Waals surface area contributed by atoms with Crippen molar-refractivity contribution in [2.45, 2.75) is 12.8 Å². The van der Waals surface area contributed by atoms with E-state index in [9.17, 15) is 0 Å². The van der Waals surface area contributed by atoms with Crippen molar-refractivity contribution in [3.8, 4) is 73.4 Å². The zero-order valence-corrected chi connectivity index (χ0v) is 38.3. The second kappa shape index (κ2) is 15.6. The first-order chi connectivity index (χ1) is 35.2. The zero-order chi connectivity index (χ0) is 46.6. The van der Waals surface area contributed by atoms with Crippen molar-refractivity contribution >= 4 is 65.6 Å². The Bertz CT molecular complexity index is 4450. The van der Waals surface area contributed by atoms with E-state index in [1.165, 1.54) is 49.6 Å². The summed E-state index contributed by atoms with van der Waals surface area (Å²) in [7, 11) is 0. The van der Waals surface area contributed by atoms with Gasteiger partial charge in [0.2, 0.25) is 0 Å². The molecule has 6 nitrogen and oxygen atoms in total. The van der Waals surface area contributed by atoms with Crippen LogP contribution in [0.3, 0.4) is 0 Å². The van der Waals surface area contributed by atoms with Crippen molar-refractivity contribution in [2.75, 3.05) is 0 Å². The molecule has 15 rings (SSSR count). The van der Waals surface area contributed by atoms with Gasteiger partial charge in [-0.2, -0.15) is 0 Å². The molecule has 71 heavy (non-hydrogen) atoms. The highest BCUT2D eigenvalue weighted by molar-refractivity contribution is 6.14. The molecular formula is C65H40N4O2. The SMILES string of the molecule is c1ccc(-c2ccc(-c3cc4c(cc3-n3c5c(c6cc7ccccc7cc63)CCc3ccccc3-5)oc3cccc(-c5nc(-c6ccccc6)nc(-c6ccc7oc8ccccc8c7c6)n5)c34)cc2)cc1. The fraction of sp³-hybridized carbons (Fsp3) is 0.0308. The lowest BCUT2D eigenvalue weighted by atomic mass is 9.88. The van der Waals surface area contributed by atoms with E-state index in [0.717, 1.165) is 95.8 Å². The second-order valence-corrected chi connectivity index (χ2v) is 18.6. The maximum absolute atomic E-state index is 7.03. The predicted molar refractivity (Wildman–Crippen MR) is 289 cm³/mol. The molecule has 4 heterocycles. The van der Waals surface area contributed by atoms with Crippen molar-refractivity contribution in [3.05, 3.63) is 230 Å². The van der Waals surface area contributed by atoms with Crippen LogP contribution in [0.2, 0.25) is 0 Å². The van der Waals surface area contributed by atoms with Crippen LogP contribution in [-0.4, -0.2) is 19.5 Å². The topological polar surface area (TPSA) is 69.9 Å². The number of hydrogen-bond acceptors (Lipinski definition) is 5. The molecule has 0 aliphatic heterocycles. The molecule has 0 spiro atoms. The van der Waals surface area contributed by atoms with Gasteiger partial charge in [0, 0.05) is 60.8 Å². The smallest absolute Gasteiger partial charge is 0.164 e. The van der Waals surface area contributed by atoms with E-state index in [0.29, 0.717) is 17.5 Å². The number of nitrogens with zero attached hydrogens (tertiary/aromatic N) is 4. The molecule has 1 aliphatic rings. The fourth-order valence-corrected chi connectivity index (χ4v) is 11.2. The number of furan rings is 2. The molecule has 0 amide bonds. The molecule has 0 bridgehead atoms. The third-order valence-corrected chi connectivity index (χ3v) is 14.6. The van der Waals surface area contributed by atoms with Gasteiger partial charge in [0.15, 0.2) is 17.5 Å². The maximum Gasteiger partial charge on any atom is 0.164 e. The predicted octanol–water partition coefficient (Wildman–Crippen LogP) is 16.9. The van der Waals surface area contributed by atoms with E-state index < -0.39 is 0 Å². The third kappa shape index (κ3) is 6.31. The lowest BCUT2D eigenvalue weighted by Gasteiger charge is -2.22. The number of fused-ring (bicyclic) bond motifs is 12. The number of rotatable bonds is 6. The van der Waals surface area contributed by atoms with Gasteiger partial charge >= 0.3 is 0 Å². The molecule has 14 aromatic rings. The molecule has 0 saturated heterocycles. The van der Waals surface area contributed by atoms with E-state index in [4.69, 9.17) is 23.8 Å². The normalized spacial score (nSPS) is 12.4. The molecule has 4 aromatic heterocycles. The van der Waals surface area contributed by atoms with Gasteiger partial charge in [-0.3, -0.25) is 0 Å². The number of benzene rings is 10. The Morgan fingerprint density at radius 3 is 1.82 bits per heavy atom. The average molecular weight is 909 g/mol. The molecule has 332 valence electrons. The van der Waals surface area contributed by atoms with Gasteiger partial charge in [0.1, 0.15) is 22.3 Å². The van der Waals surface area contributed by atoms with Crippen molar-refractivity contribution in [1.82, 2.24) is 19.5 Å². The minimum absolute atomic E-state index is 0.561. The van der Waals surface area contributed by atoms with Crippen LogP contribution < -0.4 is 0 Å². The monoisotopic (exact) mass is 908 g/mol. The van der Waals surface area contributed by atoms with Gasteiger partial charge in [-0.15, -0.1) is 0 Å². The van der Waals surface area contributed by atoms with Crippen LogP contribution in [0, 0.1) is 0 Å². The lowest BCUT2D eigenvalue weighted by Crippen LogP contribution is -2.07. The summed E-state index contributed by atoms with van der Waals surface area (Å²) in [5.41, 5.74) is 17.8. The van der Waals surface area contributed by atoms with E-state index in [1.54, 1.807) is 0 Å². The molecule has 0 unspecified atom stereocenters. The highest BCUT2D eigenvalue weighted by Crippen LogP contribution is 2.47. The first-order valence-electron chi connectivity index (χ1n) is 24.2. The Morgan fingerprint density at radius 1 is 0.352 bits per heavy atom. The van der Waals surface area contributed by atoms with Crippen LogP contribution in [0.15, 0.2) is 227 Å². The van der Waals surface area contributed by atoms with Gasteiger partial charge in [-0.25, -0.2) is 15.0 Å². The fourth-order valence-electron chi connectivity index (χ4n) is 11.2. The second-order valence-electron chi connectivity index (χ2n) is 18.6. The Morgan fingerprint density at radius 2 is 0.972 bits per heavy atom. The van der Waals surface area contributed by atoms with E-state index >= 15 is 0 Å². The summed E-state index contributed by atoms with van der Waals surface area (Å²) < 4.78 is 15.8. The molecule has 0 fully saturated rings. The van der Waals surface area contributed by atoms with Crippen LogP contribution in [0.4, 0.5) is 0 Å². The van der Waals surface area contributed by atoms with E-state index in [-0.39, 0.29) is 0 Å². The van der Waals surface area contributed by atoms with Gasteiger partial charge in [0.05, 0.1) is 16.9 Å². The highest BCUT2D eigenvalue weighted by Gasteiger charge is 2.28. The number of hydrogen-bond donors (Lipinski definition) is 0. The van der Waals surface area contributed by atoms with E-state index in [2.05, 4.69) is 156 Å². The lowest BCUT2D eigenvalue weighted by molar-refractivity contribution is 0.668. The first kappa shape index (κ1) is 39.6. The standard InChI is InChI=1S/C65H40N4O2/c1-3-14-39(15-4-1)40-26-28-42(29-27-40)51-37-54-60(38-56(51)69-55-36-45-20-8-7-19-44(45)34-52(55)49-32-30-41-16-9-10-21-47(41)62(49)69)71-59-25-13-23-50(61(54)59)65-67-63(43-17-5-2-6-18-43)66-64(68-65)46-31-33-58-53(35-46)48-22-11-12-24-57(48)70-58/h1-29,31,33-38H,30,32H2. The van der Waals surface area contributed by atoms with Crippen molar-refractivity contribution in [2.24, 2.45) is 0 Å². The summed E-state index contributed by atoms with van der Waals surface area (Å²) >= 11 is 0. The van der Waals surface area contributed by atoms with Gasteiger partial charge in [0.25, 0.3) is 0 Å². The van der Waals surface area contributed by atoms with Crippen LogP contribution in [0.25, 0.3) is 139 Å². The summed E-state index contributed by atoms with van der Waals surface area (Å²) in [6.45, 7) is 0. The summed E-state index contributed by atoms with van der Waals surface area (Å²) in [4.78, 5) is 15.7. The number of para-hydroxylation sites is 1. The first-order valence-corrected chi connectivity index (χ1v) is 24.2. The van der Waals surface area contributed by atoms with Gasteiger partial charge < -0.3 is 13.4 Å². The Hall–Kier alpha value is -9.39. The Balaban J connectivity index is 0.998. The minimum Gasteiger partial charge on any atom is -0.456 e.